The van der Waals surface area contributed by atoms with E-state index in [1.807, 2.05) is 67.6 Å². The maximum atomic E-state index is 6.26. The molecule has 1 unspecified atom stereocenters. The highest BCUT2D eigenvalue weighted by molar-refractivity contribution is 5.91. The average Bonchev–Trinajstić information content (AvgIpc) is 3.43. The molecule has 8 heteroatoms. The van der Waals surface area contributed by atoms with Crippen LogP contribution in [0.1, 0.15) is 29.8 Å². The second kappa shape index (κ2) is 8.73. The van der Waals surface area contributed by atoms with Crippen molar-refractivity contribution in [3.63, 3.8) is 0 Å². The Bertz CT molecular complexity index is 1500. The third-order valence-corrected chi connectivity index (χ3v) is 6.08. The van der Waals surface area contributed by atoms with E-state index in [-0.39, 0.29) is 6.10 Å². The number of pyridine rings is 1. The first-order chi connectivity index (χ1) is 17.2. The summed E-state index contributed by atoms with van der Waals surface area (Å²) in [4.78, 5) is 12.7. The lowest BCUT2D eigenvalue weighted by Crippen LogP contribution is -2.03. The van der Waals surface area contributed by atoms with E-state index in [2.05, 4.69) is 19.5 Å². The second-order valence-electron chi connectivity index (χ2n) is 8.32. The second-order valence-corrected chi connectivity index (χ2v) is 8.32. The Morgan fingerprint density at radius 3 is 2.63 bits per heavy atom. The molecule has 0 amide bonds. The average molecular weight is 466 g/mol. The number of ether oxygens (including phenoxy) is 3. The van der Waals surface area contributed by atoms with Gasteiger partial charge >= 0.3 is 0 Å². The first-order valence-corrected chi connectivity index (χ1v) is 11.3. The Morgan fingerprint density at radius 1 is 1.00 bits per heavy atom. The lowest BCUT2D eigenvalue weighted by atomic mass is 10.1. The Kier molecular flexibility index (Phi) is 5.27. The van der Waals surface area contributed by atoms with Crippen LogP contribution in [0.3, 0.4) is 0 Å². The van der Waals surface area contributed by atoms with Gasteiger partial charge in [-0.2, -0.15) is 0 Å². The van der Waals surface area contributed by atoms with Crippen molar-refractivity contribution in [1.29, 1.82) is 0 Å². The smallest absolute Gasteiger partial charge is 0.151 e. The monoisotopic (exact) mass is 465 g/mol. The van der Waals surface area contributed by atoms with Gasteiger partial charge in [0.1, 0.15) is 41.2 Å². The fraction of sp³-hybridized carbons (Fsp3) is 0.148. The van der Waals surface area contributed by atoms with Crippen molar-refractivity contribution in [3.05, 3.63) is 96.2 Å². The summed E-state index contributed by atoms with van der Waals surface area (Å²) in [6, 6.07) is 19.3. The van der Waals surface area contributed by atoms with Gasteiger partial charge in [0.25, 0.3) is 0 Å². The van der Waals surface area contributed by atoms with E-state index in [4.69, 9.17) is 19.9 Å². The normalized spacial score (nSPS) is 14.7. The van der Waals surface area contributed by atoms with E-state index in [9.17, 15) is 0 Å². The van der Waals surface area contributed by atoms with Crippen LogP contribution in [0.2, 0.25) is 0 Å². The number of nitrogens with two attached hydrogens (primary N) is 1. The predicted molar refractivity (Wildman–Crippen MR) is 132 cm³/mol. The highest BCUT2D eigenvalue weighted by Gasteiger charge is 2.30. The molecule has 0 spiro atoms. The number of hydrogen-bond acceptors (Lipinski definition) is 7. The lowest BCUT2D eigenvalue weighted by molar-refractivity contribution is 0.0783. The molecule has 6 rings (SSSR count). The summed E-state index contributed by atoms with van der Waals surface area (Å²) in [7, 11) is 0. The van der Waals surface area contributed by atoms with Crippen LogP contribution in [0.4, 0.5) is 5.82 Å². The van der Waals surface area contributed by atoms with Crippen molar-refractivity contribution >= 4 is 16.9 Å². The van der Waals surface area contributed by atoms with Gasteiger partial charge in [0.15, 0.2) is 5.82 Å². The van der Waals surface area contributed by atoms with Gasteiger partial charge in [0.05, 0.1) is 18.4 Å². The van der Waals surface area contributed by atoms with Crippen molar-refractivity contribution < 1.29 is 14.2 Å². The molecular formula is C27H23N5O3. The number of hydrogen-bond donors (Lipinski definition) is 1. The summed E-state index contributed by atoms with van der Waals surface area (Å²) in [6.07, 6.45) is 4.96. The first kappa shape index (κ1) is 21.1. The standard InChI is InChI=1S/C27H23N5O3/c1-17-24-23(15-33-17)32(26-25(24)30-16-31-27(26)28)19-5-7-20(8-6-19)35-22-4-2-3-21(13-22)34-14-18-9-11-29-12-10-18/h2-13,16-17H,14-15H2,1H3,(H2,28,30,31). The molecule has 35 heavy (non-hydrogen) atoms. The van der Waals surface area contributed by atoms with Crippen LogP contribution in [-0.4, -0.2) is 19.5 Å². The Labute approximate surface area is 201 Å². The molecular weight excluding hydrogens is 442 g/mol. The molecule has 0 radical (unpaired) electrons. The Morgan fingerprint density at radius 2 is 1.80 bits per heavy atom. The summed E-state index contributed by atoms with van der Waals surface area (Å²) >= 11 is 0. The van der Waals surface area contributed by atoms with Gasteiger partial charge in [-0.05, 0) is 61.0 Å². The van der Waals surface area contributed by atoms with E-state index in [1.165, 1.54) is 6.33 Å². The third kappa shape index (κ3) is 3.94. The first-order valence-electron chi connectivity index (χ1n) is 11.3. The molecule has 2 N–H and O–H groups in total. The topological polar surface area (TPSA) is 97.3 Å². The van der Waals surface area contributed by atoms with Crippen molar-refractivity contribution in [2.75, 3.05) is 5.73 Å². The van der Waals surface area contributed by atoms with Gasteiger partial charge in [-0.15, -0.1) is 0 Å². The Hall–Kier alpha value is -4.43. The SMILES string of the molecule is CC1OCc2c1c1ncnc(N)c1n2-c1ccc(Oc2cccc(OCc3ccncc3)c2)cc1. The maximum Gasteiger partial charge on any atom is 0.151 e. The van der Waals surface area contributed by atoms with Crippen LogP contribution < -0.4 is 15.2 Å². The molecule has 0 saturated heterocycles. The minimum absolute atomic E-state index is 0.0429. The number of benzene rings is 2. The molecule has 0 saturated carbocycles. The largest absolute Gasteiger partial charge is 0.489 e. The number of nitrogens with zero attached hydrogens (tertiary/aromatic N) is 4. The third-order valence-electron chi connectivity index (χ3n) is 6.08. The van der Waals surface area contributed by atoms with Crippen LogP contribution in [0.25, 0.3) is 16.7 Å². The summed E-state index contributed by atoms with van der Waals surface area (Å²) in [6.45, 7) is 2.99. The van der Waals surface area contributed by atoms with Gasteiger partial charge in [-0.1, -0.05) is 6.07 Å². The van der Waals surface area contributed by atoms with Gasteiger partial charge in [-0.25, -0.2) is 9.97 Å². The zero-order chi connectivity index (χ0) is 23.8. The number of fused-ring (bicyclic) bond motifs is 3. The summed E-state index contributed by atoms with van der Waals surface area (Å²) < 4.78 is 19.9. The molecule has 0 bridgehead atoms. The summed E-state index contributed by atoms with van der Waals surface area (Å²) in [5, 5.41) is 0. The summed E-state index contributed by atoms with van der Waals surface area (Å²) in [5.41, 5.74) is 12.0. The molecule has 1 aliphatic rings. The Balaban J connectivity index is 1.24. The quantitative estimate of drug-likeness (QED) is 0.360. The molecule has 0 aliphatic carbocycles. The molecule has 8 nitrogen and oxygen atoms in total. The number of rotatable bonds is 6. The van der Waals surface area contributed by atoms with Crippen LogP contribution in [0.15, 0.2) is 79.4 Å². The van der Waals surface area contributed by atoms with Crippen molar-refractivity contribution in [2.45, 2.75) is 26.2 Å². The zero-order valence-corrected chi connectivity index (χ0v) is 19.1. The lowest BCUT2D eigenvalue weighted by Gasteiger charge is -2.12. The molecule has 2 aromatic carbocycles. The highest BCUT2D eigenvalue weighted by Crippen LogP contribution is 2.41. The molecule has 5 aromatic rings. The molecule has 1 atom stereocenters. The number of aromatic nitrogens is 4. The number of anilines is 1. The van der Waals surface area contributed by atoms with Gasteiger partial charge in [0, 0.05) is 29.7 Å². The van der Waals surface area contributed by atoms with Gasteiger partial charge < -0.3 is 24.5 Å². The van der Waals surface area contributed by atoms with Crippen LogP contribution in [-0.2, 0) is 18.0 Å². The van der Waals surface area contributed by atoms with E-state index in [1.54, 1.807) is 12.4 Å². The predicted octanol–water partition coefficient (Wildman–Crippen LogP) is 5.36. The van der Waals surface area contributed by atoms with Crippen molar-refractivity contribution in [1.82, 2.24) is 19.5 Å². The number of nitrogen functional groups attached to an aromatic ring is 1. The molecule has 174 valence electrons. The van der Waals surface area contributed by atoms with E-state index in [0.29, 0.717) is 30.5 Å². The van der Waals surface area contributed by atoms with Crippen LogP contribution in [0, 0.1) is 0 Å². The van der Waals surface area contributed by atoms with Crippen molar-refractivity contribution in [2.24, 2.45) is 0 Å². The minimum Gasteiger partial charge on any atom is -0.489 e. The fourth-order valence-corrected chi connectivity index (χ4v) is 4.42. The van der Waals surface area contributed by atoms with E-state index >= 15 is 0 Å². The minimum atomic E-state index is -0.0429. The molecule has 0 fully saturated rings. The van der Waals surface area contributed by atoms with E-state index < -0.39 is 0 Å². The van der Waals surface area contributed by atoms with Crippen molar-refractivity contribution in [3.8, 4) is 22.9 Å². The van der Waals surface area contributed by atoms with E-state index in [0.717, 1.165) is 39.3 Å². The van der Waals surface area contributed by atoms with Crippen LogP contribution in [0.5, 0.6) is 17.2 Å². The highest BCUT2D eigenvalue weighted by atomic mass is 16.5. The van der Waals surface area contributed by atoms with Gasteiger partial charge in [0.2, 0.25) is 0 Å². The molecule has 3 aromatic heterocycles. The molecule has 4 heterocycles. The molecule has 1 aliphatic heterocycles. The van der Waals surface area contributed by atoms with Gasteiger partial charge in [-0.3, -0.25) is 4.98 Å². The van der Waals surface area contributed by atoms with Crippen LogP contribution >= 0.6 is 0 Å². The zero-order valence-electron chi connectivity index (χ0n) is 19.1. The fourth-order valence-electron chi connectivity index (χ4n) is 4.42. The maximum absolute atomic E-state index is 6.26. The summed E-state index contributed by atoms with van der Waals surface area (Å²) in [5.74, 6) is 2.58.